The van der Waals surface area contributed by atoms with Crippen LogP contribution in [-0.4, -0.2) is 41.4 Å². The topological polar surface area (TPSA) is 105 Å². The van der Waals surface area contributed by atoms with E-state index in [-0.39, 0.29) is 11.5 Å². The van der Waals surface area contributed by atoms with Gasteiger partial charge in [-0.1, -0.05) is 35.9 Å². The average Bonchev–Trinajstić information content (AvgIpc) is 3.43. The maximum atomic E-state index is 13.7. The third-order valence-corrected chi connectivity index (χ3v) is 6.21. The van der Waals surface area contributed by atoms with Crippen molar-refractivity contribution in [3.63, 3.8) is 0 Å². The molecule has 2 N–H and O–H groups in total. The lowest BCUT2D eigenvalue weighted by Crippen LogP contribution is -2.29. The lowest BCUT2D eigenvalue weighted by Gasteiger charge is -2.27. The van der Waals surface area contributed by atoms with Gasteiger partial charge >= 0.3 is 5.97 Å². The summed E-state index contributed by atoms with van der Waals surface area (Å²) in [5, 5.41) is 16.7. The molecule has 176 valence electrons. The van der Waals surface area contributed by atoms with E-state index in [0.717, 1.165) is 22.3 Å². The van der Waals surface area contributed by atoms with Crippen molar-refractivity contribution >= 4 is 17.6 Å². The smallest absolute Gasteiger partial charge is 0.335 e. The molecule has 1 atom stereocenters. The number of H-pyrrole nitrogens is 1. The molecule has 0 radical (unpaired) electrons. The maximum absolute atomic E-state index is 13.7. The molecule has 0 aliphatic carbocycles. The Morgan fingerprint density at radius 3 is 2.29 bits per heavy atom. The second-order valence-electron chi connectivity index (χ2n) is 8.27. The van der Waals surface area contributed by atoms with Crippen LogP contribution in [0.25, 0.3) is 11.3 Å². The Kier molecular flexibility index (Phi) is 5.49. The lowest BCUT2D eigenvalue weighted by molar-refractivity contribution is 0.0696. The van der Waals surface area contributed by atoms with Gasteiger partial charge in [0.2, 0.25) is 0 Å². The summed E-state index contributed by atoms with van der Waals surface area (Å²) in [5.74, 6) is -0.179. The molecule has 5 rings (SSSR count). The van der Waals surface area contributed by atoms with E-state index in [9.17, 15) is 14.7 Å². The van der Waals surface area contributed by atoms with E-state index in [4.69, 9.17) is 9.47 Å². The summed E-state index contributed by atoms with van der Waals surface area (Å²) < 4.78 is 10.9. The Bertz CT molecular complexity index is 1420. The minimum absolute atomic E-state index is 0.142. The number of aryl methyl sites for hydroxylation is 1. The van der Waals surface area contributed by atoms with Gasteiger partial charge < -0.3 is 14.6 Å². The van der Waals surface area contributed by atoms with Crippen LogP contribution in [0.5, 0.6) is 11.5 Å². The van der Waals surface area contributed by atoms with Crippen molar-refractivity contribution in [1.82, 2.24) is 10.2 Å². The predicted molar refractivity (Wildman–Crippen MR) is 130 cm³/mol. The number of aromatic amines is 1. The van der Waals surface area contributed by atoms with Gasteiger partial charge in [0, 0.05) is 16.8 Å². The molecule has 4 aromatic rings. The van der Waals surface area contributed by atoms with Gasteiger partial charge in [-0.15, -0.1) is 0 Å². The summed E-state index contributed by atoms with van der Waals surface area (Å²) in [5.41, 5.74) is 5.33. The molecule has 0 saturated carbocycles. The summed E-state index contributed by atoms with van der Waals surface area (Å²) in [7, 11) is 3.13. The SMILES string of the molecule is COc1ccc(C2c3c(-c4ccc(C)cc4)n[nH]c3C(=O)N2c2ccc(C(=O)O)cc2)cc1OC. The first-order valence-electron chi connectivity index (χ1n) is 11.0. The van der Waals surface area contributed by atoms with Crippen molar-refractivity contribution < 1.29 is 24.2 Å². The molecule has 1 unspecified atom stereocenters. The summed E-state index contributed by atoms with van der Waals surface area (Å²) in [6, 6.07) is 19.2. The molecule has 35 heavy (non-hydrogen) atoms. The molecule has 1 aromatic heterocycles. The van der Waals surface area contributed by atoms with Gasteiger partial charge in [0.15, 0.2) is 11.5 Å². The molecule has 2 heterocycles. The van der Waals surface area contributed by atoms with Crippen molar-refractivity contribution in [1.29, 1.82) is 0 Å². The fraction of sp³-hybridized carbons (Fsp3) is 0.148. The Hall–Kier alpha value is -4.59. The van der Waals surface area contributed by atoms with Crippen molar-refractivity contribution in [2.75, 3.05) is 19.1 Å². The number of methoxy groups -OCH3 is 2. The number of anilines is 1. The number of fused-ring (bicyclic) bond motifs is 1. The van der Waals surface area contributed by atoms with Crippen molar-refractivity contribution in [3.8, 4) is 22.8 Å². The number of nitrogens with one attached hydrogen (secondary N) is 1. The number of rotatable bonds is 6. The largest absolute Gasteiger partial charge is 0.493 e. The summed E-state index contributed by atoms with van der Waals surface area (Å²) in [6.45, 7) is 2.01. The molecule has 8 heteroatoms. The number of hydrogen-bond donors (Lipinski definition) is 2. The summed E-state index contributed by atoms with van der Waals surface area (Å²) in [4.78, 5) is 26.7. The summed E-state index contributed by atoms with van der Waals surface area (Å²) in [6.07, 6.45) is 0. The van der Waals surface area contributed by atoms with E-state index in [2.05, 4.69) is 10.2 Å². The highest BCUT2D eigenvalue weighted by atomic mass is 16.5. The molecule has 0 fully saturated rings. The molecule has 0 spiro atoms. The van der Waals surface area contributed by atoms with Crippen molar-refractivity contribution in [2.45, 2.75) is 13.0 Å². The third kappa shape index (κ3) is 3.69. The van der Waals surface area contributed by atoms with Gasteiger partial charge in [0.05, 0.1) is 31.5 Å². The minimum atomic E-state index is -1.03. The summed E-state index contributed by atoms with van der Waals surface area (Å²) >= 11 is 0. The first-order valence-corrected chi connectivity index (χ1v) is 11.0. The van der Waals surface area contributed by atoms with Crippen LogP contribution in [0, 0.1) is 6.92 Å². The highest BCUT2D eigenvalue weighted by Crippen LogP contribution is 2.46. The Balaban J connectivity index is 1.70. The number of hydrogen-bond acceptors (Lipinski definition) is 5. The van der Waals surface area contributed by atoms with Gasteiger partial charge in [-0.05, 0) is 48.9 Å². The van der Waals surface area contributed by atoms with E-state index >= 15 is 0 Å². The van der Waals surface area contributed by atoms with Crippen LogP contribution >= 0.6 is 0 Å². The Morgan fingerprint density at radius 2 is 1.66 bits per heavy atom. The number of nitrogens with zero attached hydrogens (tertiary/aromatic N) is 2. The minimum Gasteiger partial charge on any atom is -0.493 e. The van der Waals surface area contributed by atoms with E-state index in [0.29, 0.717) is 28.6 Å². The molecular weight excluding hydrogens is 446 g/mol. The van der Waals surface area contributed by atoms with Crippen LogP contribution in [0.1, 0.15) is 43.6 Å². The van der Waals surface area contributed by atoms with Gasteiger partial charge in [-0.2, -0.15) is 5.10 Å². The first kappa shape index (κ1) is 22.2. The first-order chi connectivity index (χ1) is 16.9. The van der Waals surface area contributed by atoms with Crippen LogP contribution in [0.15, 0.2) is 66.7 Å². The Labute approximate surface area is 201 Å². The van der Waals surface area contributed by atoms with Crippen molar-refractivity contribution in [3.05, 3.63) is 94.7 Å². The third-order valence-electron chi connectivity index (χ3n) is 6.21. The quantitative estimate of drug-likeness (QED) is 0.418. The second-order valence-corrected chi connectivity index (χ2v) is 8.27. The van der Waals surface area contributed by atoms with Crippen LogP contribution in [-0.2, 0) is 0 Å². The number of amides is 1. The number of carbonyl (C=O) groups is 2. The second kappa shape index (κ2) is 8.64. The van der Waals surface area contributed by atoms with E-state index in [1.807, 2.05) is 43.3 Å². The van der Waals surface area contributed by atoms with Gasteiger partial charge in [-0.3, -0.25) is 14.8 Å². The number of ether oxygens (including phenoxy) is 2. The number of carbonyl (C=O) groups excluding carboxylic acids is 1. The zero-order valence-electron chi connectivity index (χ0n) is 19.4. The molecule has 3 aromatic carbocycles. The van der Waals surface area contributed by atoms with Crippen LogP contribution < -0.4 is 14.4 Å². The fourth-order valence-corrected chi connectivity index (χ4v) is 4.45. The molecule has 0 saturated heterocycles. The van der Waals surface area contributed by atoms with E-state index < -0.39 is 12.0 Å². The van der Waals surface area contributed by atoms with Gasteiger partial charge in [-0.25, -0.2) is 4.79 Å². The monoisotopic (exact) mass is 469 g/mol. The lowest BCUT2D eigenvalue weighted by atomic mass is 9.95. The zero-order chi connectivity index (χ0) is 24.7. The molecule has 1 amide bonds. The molecular formula is C27H23N3O5. The van der Waals surface area contributed by atoms with Crippen LogP contribution in [0.4, 0.5) is 5.69 Å². The molecule has 1 aliphatic rings. The highest BCUT2D eigenvalue weighted by Gasteiger charge is 2.43. The number of carboxylic acids is 1. The average molecular weight is 469 g/mol. The highest BCUT2D eigenvalue weighted by molar-refractivity contribution is 6.12. The van der Waals surface area contributed by atoms with Crippen LogP contribution in [0.3, 0.4) is 0 Å². The normalized spacial score (nSPS) is 14.7. The van der Waals surface area contributed by atoms with Crippen LogP contribution in [0.2, 0.25) is 0 Å². The van der Waals surface area contributed by atoms with E-state index in [1.54, 1.807) is 37.3 Å². The van der Waals surface area contributed by atoms with Crippen molar-refractivity contribution in [2.24, 2.45) is 0 Å². The molecule has 1 aliphatic heterocycles. The van der Waals surface area contributed by atoms with E-state index in [1.165, 1.54) is 12.1 Å². The van der Waals surface area contributed by atoms with Gasteiger partial charge in [0.25, 0.3) is 5.91 Å². The van der Waals surface area contributed by atoms with Gasteiger partial charge in [0.1, 0.15) is 5.69 Å². The number of carboxylic acid groups (broad SMARTS) is 1. The predicted octanol–water partition coefficient (Wildman–Crippen LogP) is 4.85. The molecule has 0 bridgehead atoms. The number of aromatic nitrogens is 2. The Morgan fingerprint density at radius 1 is 0.971 bits per heavy atom. The number of benzene rings is 3. The maximum Gasteiger partial charge on any atom is 0.335 e. The fourth-order valence-electron chi connectivity index (χ4n) is 4.45. The molecule has 8 nitrogen and oxygen atoms in total. The standard InChI is InChI=1S/C27H23N3O5/c1-15-4-6-16(7-5-15)23-22-24(29-28-23)26(31)30(19-11-8-17(9-12-19)27(32)33)25(22)18-10-13-20(34-2)21(14-18)35-3/h4-14,25H,1-3H3,(H,28,29)(H,32,33). The zero-order valence-corrected chi connectivity index (χ0v) is 19.4. The number of aromatic carboxylic acids is 1.